The molecule has 3 nitrogen and oxygen atoms in total. The van der Waals surface area contributed by atoms with Crippen LogP contribution in [0.5, 0.6) is 0 Å². The van der Waals surface area contributed by atoms with Gasteiger partial charge in [-0.15, -0.1) is 0 Å². The highest BCUT2D eigenvalue weighted by molar-refractivity contribution is 5.08. The predicted octanol–water partition coefficient (Wildman–Crippen LogP) is 2.81. The smallest absolute Gasteiger partial charge is 0.0951 e. The van der Waals surface area contributed by atoms with E-state index in [2.05, 4.69) is 20.9 Å². The van der Waals surface area contributed by atoms with Crippen LogP contribution in [0.15, 0.2) is 24.2 Å². The molecule has 0 bridgehead atoms. The van der Waals surface area contributed by atoms with E-state index in [9.17, 15) is 0 Å². The molecular weight excluding hydrogens is 210 g/mol. The molecule has 1 aromatic heterocycles. The van der Waals surface area contributed by atoms with Crippen molar-refractivity contribution in [2.45, 2.75) is 51.1 Å². The first kappa shape index (κ1) is 11.0. The van der Waals surface area contributed by atoms with E-state index < -0.39 is 0 Å². The summed E-state index contributed by atoms with van der Waals surface area (Å²) in [5, 5.41) is 3.54. The quantitative estimate of drug-likeness (QED) is 0.602. The molecule has 0 unspecified atom stereocenters. The van der Waals surface area contributed by atoms with Crippen LogP contribution in [0, 0.1) is 0 Å². The summed E-state index contributed by atoms with van der Waals surface area (Å²) in [5.74, 6) is 0. The van der Waals surface area contributed by atoms with Crippen LogP contribution < -0.4 is 5.32 Å². The molecule has 17 heavy (non-hydrogen) atoms. The number of nitrogens with one attached hydrogen (secondary N) is 1. The number of rotatable bonds is 6. The van der Waals surface area contributed by atoms with Crippen LogP contribution in [-0.2, 0) is 6.54 Å². The van der Waals surface area contributed by atoms with Gasteiger partial charge in [-0.1, -0.05) is 11.6 Å². The van der Waals surface area contributed by atoms with Crippen molar-refractivity contribution in [3.63, 3.8) is 0 Å². The minimum atomic E-state index is 0.742. The van der Waals surface area contributed by atoms with Crippen LogP contribution in [0.2, 0.25) is 0 Å². The van der Waals surface area contributed by atoms with Gasteiger partial charge in [-0.05, 0) is 45.1 Å². The Hall–Kier alpha value is -1.09. The molecule has 0 amide bonds. The van der Waals surface area contributed by atoms with Gasteiger partial charge in [0.2, 0.25) is 0 Å². The van der Waals surface area contributed by atoms with Crippen molar-refractivity contribution in [3.05, 3.63) is 29.9 Å². The van der Waals surface area contributed by atoms with Crippen LogP contribution in [-0.4, -0.2) is 16.1 Å². The highest BCUT2D eigenvalue weighted by Crippen LogP contribution is 2.35. The number of hydrogen-bond donors (Lipinski definition) is 1. The number of nitrogens with zero attached hydrogens (tertiary/aromatic N) is 2. The summed E-state index contributed by atoms with van der Waals surface area (Å²) in [6.45, 7) is 2.06. The van der Waals surface area contributed by atoms with Crippen LogP contribution in [0.1, 0.15) is 50.3 Å². The molecule has 92 valence electrons. The Morgan fingerprint density at radius 1 is 1.41 bits per heavy atom. The van der Waals surface area contributed by atoms with E-state index >= 15 is 0 Å². The third kappa shape index (κ3) is 2.78. The van der Waals surface area contributed by atoms with Gasteiger partial charge in [-0.2, -0.15) is 0 Å². The molecular formula is C14H21N3. The van der Waals surface area contributed by atoms with Crippen molar-refractivity contribution in [2.24, 2.45) is 0 Å². The monoisotopic (exact) mass is 231 g/mol. The first-order valence-corrected chi connectivity index (χ1v) is 6.83. The lowest BCUT2D eigenvalue weighted by Gasteiger charge is -2.08. The Bertz CT molecular complexity index is 401. The number of hydrogen-bond acceptors (Lipinski definition) is 2. The van der Waals surface area contributed by atoms with E-state index in [-0.39, 0.29) is 0 Å². The standard InChI is InChI=1S/C14H21N3/c1-2-4-12(3-1)7-8-15-9-14-10-16-11-17(14)13-5-6-13/h3,10-11,13,15H,1-2,4-9H2. The van der Waals surface area contributed by atoms with E-state index in [1.807, 2.05) is 12.5 Å². The molecule has 0 aliphatic heterocycles. The Morgan fingerprint density at radius 3 is 3.12 bits per heavy atom. The third-order valence-electron chi connectivity index (χ3n) is 3.75. The normalized spacial score (nSPS) is 19.6. The highest BCUT2D eigenvalue weighted by atomic mass is 15.1. The molecule has 2 aliphatic rings. The topological polar surface area (TPSA) is 29.9 Å². The molecule has 0 saturated heterocycles. The Balaban J connectivity index is 1.42. The molecule has 1 fully saturated rings. The van der Waals surface area contributed by atoms with Gasteiger partial charge in [0, 0.05) is 18.8 Å². The van der Waals surface area contributed by atoms with Crippen molar-refractivity contribution in [3.8, 4) is 0 Å². The van der Waals surface area contributed by atoms with Gasteiger partial charge >= 0.3 is 0 Å². The van der Waals surface area contributed by atoms with Gasteiger partial charge in [-0.25, -0.2) is 4.98 Å². The summed E-state index contributed by atoms with van der Waals surface area (Å²) in [5.41, 5.74) is 2.99. The van der Waals surface area contributed by atoms with Crippen LogP contribution >= 0.6 is 0 Å². The fourth-order valence-electron chi connectivity index (χ4n) is 2.58. The summed E-state index contributed by atoms with van der Waals surface area (Å²) in [6, 6.07) is 0.742. The minimum absolute atomic E-state index is 0.742. The zero-order valence-electron chi connectivity index (χ0n) is 10.4. The second kappa shape index (κ2) is 5.05. The Kier molecular flexibility index (Phi) is 3.27. The van der Waals surface area contributed by atoms with Crippen LogP contribution in [0.25, 0.3) is 0 Å². The number of aromatic nitrogens is 2. The summed E-state index contributed by atoms with van der Waals surface area (Å²) in [6.07, 6.45) is 14.3. The zero-order chi connectivity index (χ0) is 11.5. The van der Waals surface area contributed by atoms with Crippen molar-refractivity contribution in [2.75, 3.05) is 6.54 Å². The van der Waals surface area contributed by atoms with Crippen LogP contribution in [0.3, 0.4) is 0 Å². The molecule has 1 N–H and O–H groups in total. The SMILES string of the molecule is C1=C(CCNCc2cncn2C2CC2)CCC1. The van der Waals surface area contributed by atoms with Gasteiger partial charge in [0.1, 0.15) is 0 Å². The van der Waals surface area contributed by atoms with Gasteiger partial charge in [0.15, 0.2) is 0 Å². The lowest BCUT2D eigenvalue weighted by Crippen LogP contribution is -2.17. The highest BCUT2D eigenvalue weighted by Gasteiger charge is 2.24. The lowest BCUT2D eigenvalue weighted by atomic mass is 10.2. The summed E-state index contributed by atoms with van der Waals surface area (Å²) >= 11 is 0. The molecule has 1 aromatic rings. The van der Waals surface area contributed by atoms with Gasteiger partial charge in [0.25, 0.3) is 0 Å². The second-order valence-corrected chi connectivity index (χ2v) is 5.20. The average molecular weight is 231 g/mol. The molecule has 1 saturated carbocycles. The van der Waals surface area contributed by atoms with Crippen molar-refractivity contribution in [1.82, 2.24) is 14.9 Å². The lowest BCUT2D eigenvalue weighted by molar-refractivity contribution is 0.617. The molecule has 0 spiro atoms. The molecule has 2 aliphatic carbocycles. The average Bonchev–Trinajstić information content (AvgIpc) is 2.89. The summed E-state index contributed by atoms with van der Waals surface area (Å²) in [7, 11) is 0. The van der Waals surface area contributed by atoms with Gasteiger partial charge in [0.05, 0.1) is 12.0 Å². The molecule has 0 atom stereocenters. The van der Waals surface area contributed by atoms with Gasteiger partial charge < -0.3 is 9.88 Å². The largest absolute Gasteiger partial charge is 0.330 e. The van der Waals surface area contributed by atoms with Crippen molar-refractivity contribution in [1.29, 1.82) is 0 Å². The maximum absolute atomic E-state index is 4.25. The summed E-state index contributed by atoms with van der Waals surface area (Å²) in [4.78, 5) is 4.25. The maximum atomic E-state index is 4.25. The molecule has 3 heteroatoms. The Labute approximate surface area is 103 Å². The minimum Gasteiger partial charge on any atom is -0.330 e. The Morgan fingerprint density at radius 2 is 2.35 bits per heavy atom. The third-order valence-corrected chi connectivity index (χ3v) is 3.75. The van der Waals surface area contributed by atoms with E-state index in [0.717, 1.165) is 19.1 Å². The first-order valence-electron chi connectivity index (χ1n) is 6.83. The molecule has 0 radical (unpaired) electrons. The fourth-order valence-corrected chi connectivity index (χ4v) is 2.58. The molecule has 1 heterocycles. The summed E-state index contributed by atoms with van der Waals surface area (Å²) < 4.78 is 2.34. The van der Waals surface area contributed by atoms with E-state index in [1.54, 1.807) is 5.57 Å². The van der Waals surface area contributed by atoms with E-state index in [1.165, 1.54) is 44.2 Å². The fraction of sp³-hybridized carbons (Fsp3) is 0.643. The molecule has 3 rings (SSSR count). The van der Waals surface area contributed by atoms with Crippen LogP contribution in [0.4, 0.5) is 0 Å². The molecule has 0 aromatic carbocycles. The van der Waals surface area contributed by atoms with E-state index in [4.69, 9.17) is 0 Å². The number of allylic oxidation sites excluding steroid dienone is 1. The number of imidazole rings is 1. The zero-order valence-corrected chi connectivity index (χ0v) is 10.4. The van der Waals surface area contributed by atoms with Crippen molar-refractivity contribution < 1.29 is 0 Å². The van der Waals surface area contributed by atoms with Crippen molar-refractivity contribution >= 4 is 0 Å². The second-order valence-electron chi connectivity index (χ2n) is 5.20. The predicted molar refractivity (Wildman–Crippen MR) is 68.8 cm³/mol. The maximum Gasteiger partial charge on any atom is 0.0951 e. The first-order chi connectivity index (χ1) is 8.43. The van der Waals surface area contributed by atoms with Gasteiger partial charge in [-0.3, -0.25) is 0 Å². The van der Waals surface area contributed by atoms with E-state index in [0.29, 0.717) is 0 Å².